The van der Waals surface area contributed by atoms with Gasteiger partial charge in [0.05, 0.1) is 4.90 Å². The Kier molecular flexibility index (Phi) is 5.09. The molecule has 0 aliphatic rings. The summed E-state index contributed by atoms with van der Waals surface area (Å²) in [6.45, 7) is 0. The maximum Gasteiger partial charge on any atom is 0.217 e. The summed E-state index contributed by atoms with van der Waals surface area (Å²) in [5.74, 6) is 0. The van der Waals surface area contributed by atoms with Gasteiger partial charge in [-0.1, -0.05) is 58.4 Å². The van der Waals surface area contributed by atoms with Gasteiger partial charge in [0, 0.05) is 8.95 Å². The molecule has 0 aliphatic carbocycles. The largest absolute Gasteiger partial charge is 0.218 e. The lowest BCUT2D eigenvalue weighted by Crippen LogP contribution is -2.04. The van der Waals surface area contributed by atoms with Gasteiger partial charge >= 0.3 is 0 Å². The molecule has 124 valence electrons. The number of sulfone groups is 1. The van der Waals surface area contributed by atoms with Crippen LogP contribution in [0.1, 0.15) is 5.56 Å². The normalized spacial score (nSPS) is 12.1. The summed E-state index contributed by atoms with van der Waals surface area (Å²) < 4.78 is 26.9. The van der Waals surface area contributed by atoms with E-state index < -0.39 is 9.84 Å². The van der Waals surface area contributed by atoms with Gasteiger partial charge in [-0.05, 0) is 56.5 Å². The third-order valence-electron chi connectivity index (χ3n) is 3.69. The van der Waals surface area contributed by atoms with Crippen molar-refractivity contribution in [3.05, 3.63) is 80.1 Å². The highest BCUT2D eigenvalue weighted by Gasteiger charge is 2.24. The lowest BCUT2D eigenvalue weighted by Gasteiger charge is -2.07. The average Bonchev–Trinajstić information content (AvgIpc) is 2.61. The number of allylic oxidation sites excluding steroid dienone is 1. The molecule has 3 nitrogen and oxygen atoms in total. The van der Waals surface area contributed by atoms with Crippen molar-refractivity contribution in [3.8, 4) is 6.07 Å². The van der Waals surface area contributed by atoms with E-state index in [0.29, 0.717) is 14.5 Å². The summed E-state index contributed by atoms with van der Waals surface area (Å²) in [7, 11) is -3.95. The molecule has 6 heteroatoms. The van der Waals surface area contributed by atoms with Crippen molar-refractivity contribution in [3.63, 3.8) is 0 Å². The number of benzene rings is 3. The molecule has 25 heavy (non-hydrogen) atoms. The monoisotopic (exact) mass is 475 g/mol. The van der Waals surface area contributed by atoms with Crippen molar-refractivity contribution >= 4 is 58.5 Å². The zero-order valence-corrected chi connectivity index (χ0v) is 16.8. The molecule has 0 unspecified atom stereocenters. The van der Waals surface area contributed by atoms with Crippen LogP contribution in [-0.2, 0) is 9.84 Å². The van der Waals surface area contributed by atoms with E-state index in [1.165, 1.54) is 12.1 Å². The van der Waals surface area contributed by atoms with Gasteiger partial charge in [0.25, 0.3) is 0 Å². The van der Waals surface area contributed by atoms with Crippen LogP contribution in [0.5, 0.6) is 0 Å². The van der Waals surface area contributed by atoms with E-state index in [4.69, 9.17) is 0 Å². The molecule has 0 heterocycles. The fraction of sp³-hybridized carbons (Fsp3) is 0. The molecule has 3 rings (SSSR count). The summed E-state index contributed by atoms with van der Waals surface area (Å²) >= 11 is 6.52. The quantitative estimate of drug-likeness (QED) is 0.455. The van der Waals surface area contributed by atoms with E-state index in [2.05, 4.69) is 31.9 Å². The maximum atomic E-state index is 12.9. The molecule has 3 aromatic rings. The first kappa shape index (κ1) is 17.9. The second-order valence-electron chi connectivity index (χ2n) is 5.27. The highest BCUT2D eigenvalue weighted by atomic mass is 79.9. The van der Waals surface area contributed by atoms with Gasteiger partial charge in [-0.25, -0.2) is 8.42 Å². The number of nitrogens with zero attached hydrogens (tertiary/aromatic N) is 1. The zero-order valence-electron chi connectivity index (χ0n) is 12.8. The van der Waals surface area contributed by atoms with Gasteiger partial charge < -0.3 is 0 Å². The Morgan fingerprint density at radius 2 is 1.72 bits per heavy atom. The van der Waals surface area contributed by atoms with Crippen LogP contribution < -0.4 is 0 Å². The van der Waals surface area contributed by atoms with Gasteiger partial charge in [0.15, 0.2) is 0 Å². The fourth-order valence-electron chi connectivity index (χ4n) is 2.49. The second-order valence-corrected chi connectivity index (χ2v) is 8.92. The van der Waals surface area contributed by atoms with Crippen LogP contribution in [-0.4, -0.2) is 8.42 Å². The van der Waals surface area contributed by atoms with Crippen molar-refractivity contribution < 1.29 is 8.42 Å². The van der Waals surface area contributed by atoms with Crippen LogP contribution in [0.3, 0.4) is 0 Å². The van der Waals surface area contributed by atoms with Crippen LogP contribution in [0, 0.1) is 11.3 Å². The Labute approximate surface area is 162 Å². The summed E-state index contributed by atoms with van der Waals surface area (Å²) in [4.78, 5) is -0.252. The molecule has 0 radical (unpaired) electrons. The van der Waals surface area contributed by atoms with Crippen LogP contribution in [0.15, 0.2) is 79.4 Å². The standard InChI is InChI=1S/C19H11Br2NO2S/c20-15-8-9-18(21)19(11-15)25(23,24)16(12-22)10-14-6-3-5-13-4-1-2-7-17(13)14/h1-11H. The second kappa shape index (κ2) is 7.12. The first-order chi connectivity index (χ1) is 11.9. The summed E-state index contributed by atoms with van der Waals surface area (Å²) in [6.07, 6.45) is 1.42. The van der Waals surface area contributed by atoms with E-state index >= 15 is 0 Å². The molecule has 3 aromatic carbocycles. The Morgan fingerprint density at radius 1 is 1.00 bits per heavy atom. The van der Waals surface area contributed by atoms with Crippen molar-refractivity contribution in [2.45, 2.75) is 4.90 Å². The Hall–Kier alpha value is -1.94. The molecule has 0 aromatic heterocycles. The van der Waals surface area contributed by atoms with E-state index in [0.717, 1.165) is 10.8 Å². The summed E-state index contributed by atoms with van der Waals surface area (Å²) in [5, 5.41) is 11.4. The van der Waals surface area contributed by atoms with Crippen molar-refractivity contribution in [1.29, 1.82) is 5.26 Å². The number of rotatable bonds is 3. The predicted molar refractivity (Wildman–Crippen MR) is 107 cm³/mol. The molecule has 0 aliphatic heterocycles. The van der Waals surface area contributed by atoms with Crippen molar-refractivity contribution in [2.75, 3.05) is 0 Å². The first-order valence-corrected chi connectivity index (χ1v) is 10.3. The lowest BCUT2D eigenvalue weighted by molar-refractivity contribution is 0.603. The highest BCUT2D eigenvalue weighted by molar-refractivity contribution is 9.11. The van der Waals surface area contributed by atoms with Gasteiger partial charge in [-0.2, -0.15) is 5.26 Å². The number of fused-ring (bicyclic) bond motifs is 1. The van der Waals surface area contributed by atoms with Gasteiger partial charge in [0.2, 0.25) is 9.84 Å². The Bertz CT molecular complexity index is 1140. The molecule has 0 fully saturated rings. The molecule has 0 N–H and O–H groups in total. The van der Waals surface area contributed by atoms with Crippen LogP contribution in [0.4, 0.5) is 0 Å². The number of nitriles is 1. The topological polar surface area (TPSA) is 57.9 Å². The van der Waals surface area contributed by atoms with E-state index in [9.17, 15) is 13.7 Å². The molecule has 0 spiro atoms. The lowest BCUT2D eigenvalue weighted by atomic mass is 10.0. The summed E-state index contributed by atoms with van der Waals surface area (Å²) in [6, 6.07) is 19.9. The Balaban J connectivity index is 2.21. The number of hydrogen-bond acceptors (Lipinski definition) is 3. The van der Waals surface area contributed by atoms with Gasteiger partial charge in [0.1, 0.15) is 11.0 Å². The average molecular weight is 477 g/mol. The predicted octanol–water partition coefficient (Wildman–Crippen LogP) is 5.70. The molecule has 0 saturated carbocycles. The van der Waals surface area contributed by atoms with E-state index in [1.54, 1.807) is 18.2 Å². The summed E-state index contributed by atoms with van der Waals surface area (Å²) in [5.41, 5.74) is 0.685. The molecule has 0 amide bonds. The third-order valence-corrected chi connectivity index (χ3v) is 6.84. The SMILES string of the molecule is N#CC(=Cc1cccc2ccccc12)S(=O)(=O)c1cc(Br)ccc1Br. The fourth-order valence-corrected chi connectivity index (χ4v) is 5.13. The van der Waals surface area contributed by atoms with E-state index in [1.807, 2.05) is 42.5 Å². The highest BCUT2D eigenvalue weighted by Crippen LogP contribution is 2.31. The van der Waals surface area contributed by atoms with Gasteiger partial charge in [-0.3, -0.25) is 0 Å². The zero-order chi connectivity index (χ0) is 18.0. The Morgan fingerprint density at radius 3 is 2.48 bits per heavy atom. The first-order valence-electron chi connectivity index (χ1n) is 7.23. The van der Waals surface area contributed by atoms with E-state index in [-0.39, 0.29) is 9.80 Å². The maximum absolute atomic E-state index is 12.9. The van der Waals surface area contributed by atoms with Crippen LogP contribution >= 0.6 is 31.9 Å². The van der Waals surface area contributed by atoms with Crippen molar-refractivity contribution in [2.24, 2.45) is 0 Å². The minimum absolute atomic E-state index is 0.0508. The minimum atomic E-state index is -3.95. The number of hydrogen-bond donors (Lipinski definition) is 0. The molecule has 0 saturated heterocycles. The number of halogens is 2. The molecule has 0 bridgehead atoms. The smallest absolute Gasteiger partial charge is 0.217 e. The molecular weight excluding hydrogens is 466 g/mol. The van der Waals surface area contributed by atoms with Crippen molar-refractivity contribution in [1.82, 2.24) is 0 Å². The third kappa shape index (κ3) is 3.54. The van der Waals surface area contributed by atoms with Crippen LogP contribution in [0.2, 0.25) is 0 Å². The van der Waals surface area contributed by atoms with Gasteiger partial charge in [-0.15, -0.1) is 0 Å². The minimum Gasteiger partial charge on any atom is -0.218 e. The molecule has 0 atom stereocenters. The molecular formula is C19H11Br2NO2S. The van der Waals surface area contributed by atoms with Crippen LogP contribution in [0.25, 0.3) is 16.8 Å².